The van der Waals surface area contributed by atoms with Crippen molar-refractivity contribution in [2.75, 3.05) is 10.6 Å². The number of carbonyl (C=O) groups is 2. The van der Waals surface area contributed by atoms with E-state index in [2.05, 4.69) is 20.7 Å². The number of benzene rings is 1. The Hall–Kier alpha value is -3.65. The number of halogens is 1. The molecule has 0 fully saturated rings. The van der Waals surface area contributed by atoms with Crippen LogP contribution in [-0.2, 0) is 4.79 Å². The minimum Gasteiger partial charge on any atom is -0.463 e. The van der Waals surface area contributed by atoms with E-state index in [9.17, 15) is 9.59 Å². The summed E-state index contributed by atoms with van der Waals surface area (Å²) < 4.78 is 7.24. The molecule has 0 saturated carbocycles. The summed E-state index contributed by atoms with van der Waals surface area (Å²) in [6.45, 7) is 5.38. The summed E-state index contributed by atoms with van der Waals surface area (Å²) in [6, 6.07) is 10.2. The highest BCUT2D eigenvalue weighted by Crippen LogP contribution is 2.29. The van der Waals surface area contributed by atoms with E-state index >= 15 is 0 Å². The van der Waals surface area contributed by atoms with Gasteiger partial charge in [0.15, 0.2) is 11.4 Å². The maximum atomic E-state index is 13.2. The second-order valence-electron chi connectivity index (χ2n) is 7.28. The topological polar surface area (TPSA) is 102 Å². The molecule has 0 spiro atoms. The Balaban J connectivity index is 1.74. The van der Waals surface area contributed by atoms with Gasteiger partial charge >= 0.3 is 0 Å². The van der Waals surface area contributed by atoms with Crippen molar-refractivity contribution in [3.63, 3.8) is 0 Å². The fourth-order valence-corrected chi connectivity index (χ4v) is 3.44. The average molecular weight is 438 g/mol. The Kier molecular flexibility index (Phi) is 5.48. The smallest absolute Gasteiger partial charge is 0.256 e. The van der Waals surface area contributed by atoms with E-state index < -0.39 is 0 Å². The van der Waals surface area contributed by atoms with E-state index in [1.165, 1.54) is 6.92 Å². The van der Waals surface area contributed by atoms with Gasteiger partial charge in [-0.3, -0.25) is 9.59 Å². The first-order valence-electron chi connectivity index (χ1n) is 9.64. The van der Waals surface area contributed by atoms with Gasteiger partial charge in [0.25, 0.3) is 5.91 Å². The number of fused-ring (bicyclic) bond motifs is 1. The number of hydrogen-bond donors (Lipinski definition) is 2. The van der Waals surface area contributed by atoms with Gasteiger partial charge in [-0.2, -0.15) is 5.10 Å². The van der Waals surface area contributed by atoms with E-state index in [0.29, 0.717) is 44.4 Å². The van der Waals surface area contributed by atoms with Crippen LogP contribution in [0.5, 0.6) is 0 Å². The molecule has 0 unspecified atom stereocenters. The fourth-order valence-electron chi connectivity index (χ4n) is 3.22. The fraction of sp³-hybridized carbons (Fsp3) is 0.182. The third-order valence-corrected chi connectivity index (χ3v) is 4.92. The Morgan fingerprint density at radius 3 is 2.61 bits per heavy atom. The minimum absolute atomic E-state index is 0.0629. The van der Waals surface area contributed by atoms with E-state index in [1.807, 2.05) is 13.8 Å². The van der Waals surface area contributed by atoms with Crippen LogP contribution in [0.25, 0.3) is 22.5 Å². The lowest BCUT2D eigenvalue weighted by molar-refractivity contribution is -0.114. The van der Waals surface area contributed by atoms with Crippen molar-refractivity contribution >= 4 is 45.8 Å². The van der Waals surface area contributed by atoms with E-state index in [1.54, 1.807) is 53.5 Å². The van der Waals surface area contributed by atoms with Crippen LogP contribution in [0.1, 0.15) is 37.2 Å². The summed E-state index contributed by atoms with van der Waals surface area (Å²) in [6.07, 6.45) is 3.19. The molecule has 2 amide bonds. The van der Waals surface area contributed by atoms with Crippen LogP contribution in [0.3, 0.4) is 0 Å². The normalized spacial score (nSPS) is 11.1. The van der Waals surface area contributed by atoms with Gasteiger partial charge < -0.3 is 15.1 Å². The molecule has 0 saturated heterocycles. The van der Waals surface area contributed by atoms with Crippen molar-refractivity contribution in [1.82, 2.24) is 14.8 Å². The van der Waals surface area contributed by atoms with Crippen molar-refractivity contribution in [2.24, 2.45) is 0 Å². The standard InChI is InChI=1S/C22H20ClN5O3/c1-12(2)28-21-16(11-24-28)15(10-19(27-21)20-5-4-8-31-20)22(30)26-14-6-7-18(17(23)9-14)25-13(3)29/h4-12H,1-3H3,(H,25,29)(H,26,30). The van der Waals surface area contributed by atoms with E-state index in [0.717, 1.165) is 0 Å². The third-order valence-electron chi connectivity index (χ3n) is 4.61. The number of rotatable bonds is 5. The summed E-state index contributed by atoms with van der Waals surface area (Å²) in [7, 11) is 0. The van der Waals surface area contributed by atoms with Gasteiger partial charge in [-0.15, -0.1) is 0 Å². The van der Waals surface area contributed by atoms with Crippen molar-refractivity contribution in [2.45, 2.75) is 26.8 Å². The first kappa shape index (κ1) is 20.6. The molecule has 31 heavy (non-hydrogen) atoms. The number of nitrogens with zero attached hydrogens (tertiary/aromatic N) is 3. The van der Waals surface area contributed by atoms with Gasteiger partial charge in [0.05, 0.1) is 34.1 Å². The molecule has 0 aliphatic heterocycles. The quantitative estimate of drug-likeness (QED) is 0.450. The van der Waals surface area contributed by atoms with Gasteiger partial charge in [-0.05, 0) is 50.2 Å². The summed E-state index contributed by atoms with van der Waals surface area (Å²) in [5.74, 6) is -0.0208. The predicted molar refractivity (Wildman–Crippen MR) is 119 cm³/mol. The molecule has 0 aliphatic carbocycles. The molecule has 158 valence electrons. The van der Waals surface area contributed by atoms with Crippen LogP contribution in [0.4, 0.5) is 11.4 Å². The van der Waals surface area contributed by atoms with Crippen LogP contribution in [0.2, 0.25) is 5.02 Å². The van der Waals surface area contributed by atoms with Crippen molar-refractivity contribution in [3.8, 4) is 11.5 Å². The maximum Gasteiger partial charge on any atom is 0.256 e. The molecule has 1 aromatic carbocycles. The largest absolute Gasteiger partial charge is 0.463 e. The highest BCUT2D eigenvalue weighted by Gasteiger charge is 2.20. The molecule has 8 nitrogen and oxygen atoms in total. The Labute approximate surface area is 183 Å². The predicted octanol–water partition coefficient (Wildman–Crippen LogP) is 5.14. The lowest BCUT2D eigenvalue weighted by Gasteiger charge is -2.11. The molecular formula is C22H20ClN5O3. The zero-order chi connectivity index (χ0) is 22.1. The average Bonchev–Trinajstić information content (AvgIpc) is 3.38. The molecule has 0 bridgehead atoms. The molecule has 0 atom stereocenters. The van der Waals surface area contributed by atoms with Gasteiger partial charge in [0.1, 0.15) is 5.69 Å². The zero-order valence-electron chi connectivity index (χ0n) is 17.1. The van der Waals surface area contributed by atoms with Gasteiger partial charge in [-0.1, -0.05) is 11.6 Å². The highest BCUT2D eigenvalue weighted by atomic mass is 35.5. The Morgan fingerprint density at radius 1 is 1.16 bits per heavy atom. The lowest BCUT2D eigenvalue weighted by Crippen LogP contribution is -2.14. The van der Waals surface area contributed by atoms with Crippen molar-refractivity contribution in [3.05, 3.63) is 59.4 Å². The molecule has 0 aliphatic rings. The second-order valence-corrected chi connectivity index (χ2v) is 7.69. The first-order valence-corrected chi connectivity index (χ1v) is 10.0. The summed E-state index contributed by atoms with van der Waals surface area (Å²) in [5.41, 5.74) is 2.49. The van der Waals surface area contributed by atoms with Crippen LogP contribution in [-0.4, -0.2) is 26.6 Å². The Morgan fingerprint density at radius 2 is 1.97 bits per heavy atom. The number of anilines is 2. The molecule has 0 radical (unpaired) electrons. The van der Waals surface area contributed by atoms with Gasteiger partial charge in [-0.25, -0.2) is 9.67 Å². The van der Waals surface area contributed by atoms with Crippen molar-refractivity contribution in [1.29, 1.82) is 0 Å². The number of hydrogen-bond acceptors (Lipinski definition) is 5. The molecule has 9 heteroatoms. The van der Waals surface area contributed by atoms with E-state index in [-0.39, 0.29) is 17.9 Å². The summed E-state index contributed by atoms with van der Waals surface area (Å²) >= 11 is 6.23. The number of amides is 2. The molecule has 3 heterocycles. The number of carbonyl (C=O) groups excluding carboxylic acids is 2. The third kappa shape index (κ3) is 4.15. The molecule has 3 aromatic heterocycles. The monoisotopic (exact) mass is 437 g/mol. The summed E-state index contributed by atoms with van der Waals surface area (Å²) in [5, 5.41) is 10.8. The second kappa shape index (κ2) is 8.23. The maximum absolute atomic E-state index is 13.2. The van der Waals surface area contributed by atoms with Crippen LogP contribution in [0.15, 0.2) is 53.3 Å². The van der Waals surface area contributed by atoms with Crippen molar-refractivity contribution < 1.29 is 14.0 Å². The molecular weight excluding hydrogens is 418 g/mol. The molecule has 4 aromatic rings. The van der Waals surface area contributed by atoms with Crippen LogP contribution in [0, 0.1) is 0 Å². The lowest BCUT2D eigenvalue weighted by atomic mass is 10.1. The van der Waals surface area contributed by atoms with E-state index in [4.69, 9.17) is 16.0 Å². The van der Waals surface area contributed by atoms with Crippen LogP contribution < -0.4 is 10.6 Å². The number of aromatic nitrogens is 3. The first-order chi connectivity index (χ1) is 14.8. The highest BCUT2D eigenvalue weighted by molar-refractivity contribution is 6.34. The SMILES string of the molecule is CC(=O)Nc1ccc(NC(=O)c2cc(-c3ccco3)nc3c2cnn3C(C)C)cc1Cl. The molecule has 2 N–H and O–H groups in total. The number of furan rings is 1. The van der Waals surface area contributed by atoms with Gasteiger partial charge in [0, 0.05) is 18.7 Å². The van der Waals surface area contributed by atoms with Crippen LogP contribution >= 0.6 is 11.6 Å². The number of pyridine rings is 1. The molecule has 4 rings (SSSR count). The number of nitrogens with one attached hydrogen (secondary N) is 2. The zero-order valence-corrected chi connectivity index (χ0v) is 17.9. The minimum atomic E-state index is -0.341. The summed E-state index contributed by atoms with van der Waals surface area (Å²) in [4.78, 5) is 29.1. The Bertz CT molecular complexity index is 1280. The van der Waals surface area contributed by atoms with Gasteiger partial charge in [0.2, 0.25) is 5.91 Å².